The van der Waals surface area contributed by atoms with E-state index in [1.807, 2.05) is 0 Å². The normalized spacial score (nSPS) is 11.9. The van der Waals surface area contributed by atoms with Crippen LogP contribution in [0.3, 0.4) is 0 Å². The molecule has 0 spiro atoms. The standard InChI is InChI=1S/C14H12ClFN2O2/c1-9(10-4-2-5-11(8-10)18(19)20)17-14-12(15)6-3-7-13(14)16/h2-9,17H,1H3. The minimum Gasteiger partial charge on any atom is -0.375 e. The Kier molecular flexibility index (Phi) is 4.20. The number of benzene rings is 2. The monoisotopic (exact) mass is 294 g/mol. The number of anilines is 1. The number of hydrogen-bond acceptors (Lipinski definition) is 3. The Bertz CT molecular complexity index is 629. The molecule has 0 heterocycles. The maximum atomic E-state index is 13.7. The molecule has 0 saturated carbocycles. The number of halogens is 2. The van der Waals surface area contributed by atoms with E-state index in [1.165, 1.54) is 24.3 Å². The Labute approximate surface area is 120 Å². The molecular weight excluding hydrogens is 283 g/mol. The van der Waals surface area contributed by atoms with Crippen molar-refractivity contribution in [3.05, 3.63) is 69.0 Å². The number of para-hydroxylation sites is 1. The Morgan fingerprint density at radius 2 is 2.00 bits per heavy atom. The van der Waals surface area contributed by atoms with E-state index in [1.54, 1.807) is 25.1 Å². The minimum absolute atomic E-state index is 0.00391. The van der Waals surface area contributed by atoms with Crippen LogP contribution in [0.1, 0.15) is 18.5 Å². The molecule has 0 aliphatic heterocycles. The lowest BCUT2D eigenvalue weighted by molar-refractivity contribution is -0.384. The fraction of sp³-hybridized carbons (Fsp3) is 0.143. The lowest BCUT2D eigenvalue weighted by Gasteiger charge is -2.17. The van der Waals surface area contributed by atoms with Gasteiger partial charge in [0, 0.05) is 18.2 Å². The molecule has 0 bridgehead atoms. The molecular formula is C14H12ClFN2O2. The number of rotatable bonds is 4. The van der Waals surface area contributed by atoms with Gasteiger partial charge in [-0.25, -0.2) is 4.39 Å². The van der Waals surface area contributed by atoms with Crippen LogP contribution in [0.5, 0.6) is 0 Å². The first-order valence-electron chi connectivity index (χ1n) is 5.94. The molecule has 0 aromatic heterocycles. The molecule has 0 aliphatic carbocycles. The van der Waals surface area contributed by atoms with Crippen molar-refractivity contribution in [3.8, 4) is 0 Å². The van der Waals surface area contributed by atoms with E-state index in [2.05, 4.69) is 5.32 Å². The van der Waals surface area contributed by atoms with Crippen molar-refractivity contribution in [3.63, 3.8) is 0 Å². The Morgan fingerprint density at radius 1 is 1.30 bits per heavy atom. The molecule has 1 unspecified atom stereocenters. The lowest BCUT2D eigenvalue weighted by atomic mass is 10.1. The van der Waals surface area contributed by atoms with Crippen LogP contribution < -0.4 is 5.32 Å². The smallest absolute Gasteiger partial charge is 0.269 e. The molecule has 104 valence electrons. The van der Waals surface area contributed by atoms with Crippen LogP contribution in [-0.4, -0.2) is 4.92 Å². The summed E-state index contributed by atoms with van der Waals surface area (Å²) in [5, 5.41) is 13.9. The van der Waals surface area contributed by atoms with Gasteiger partial charge in [-0.05, 0) is 24.6 Å². The predicted molar refractivity (Wildman–Crippen MR) is 76.5 cm³/mol. The van der Waals surface area contributed by atoms with E-state index in [9.17, 15) is 14.5 Å². The van der Waals surface area contributed by atoms with Gasteiger partial charge in [0.25, 0.3) is 5.69 Å². The van der Waals surface area contributed by atoms with Gasteiger partial charge in [-0.3, -0.25) is 10.1 Å². The van der Waals surface area contributed by atoms with Crippen LogP contribution >= 0.6 is 11.6 Å². The summed E-state index contributed by atoms with van der Waals surface area (Å²) in [6.07, 6.45) is 0. The molecule has 4 nitrogen and oxygen atoms in total. The highest BCUT2D eigenvalue weighted by molar-refractivity contribution is 6.33. The first kappa shape index (κ1) is 14.3. The van der Waals surface area contributed by atoms with Crippen molar-refractivity contribution < 1.29 is 9.31 Å². The molecule has 2 aromatic rings. The Balaban J connectivity index is 2.26. The van der Waals surface area contributed by atoms with Crippen LogP contribution in [0.25, 0.3) is 0 Å². The molecule has 0 fully saturated rings. The van der Waals surface area contributed by atoms with Gasteiger partial charge in [0.1, 0.15) is 5.82 Å². The maximum Gasteiger partial charge on any atom is 0.269 e. The van der Waals surface area contributed by atoms with Crippen molar-refractivity contribution in [2.75, 3.05) is 5.32 Å². The Morgan fingerprint density at radius 3 is 2.65 bits per heavy atom. The van der Waals surface area contributed by atoms with E-state index in [0.717, 1.165) is 0 Å². The van der Waals surface area contributed by atoms with Crippen LogP contribution in [0.4, 0.5) is 15.8 Å². The molecule has 2 rings (SSSR count). The molecule has 2 aromatic carbocycles. The first-order valence-corrected chi connectivity index (χ1v) is 6.31. The summed E-state index contributed by atoms with van der Waals surface area (Å²) in [5.41, 5.74) is 0.863. The summed E-state index contributed by atoms with van der Waals surface area (Å²) in [6.45, 7) is 1.78. The summed E-state index contributed by atoms with van der Waals surface area (Å²) in [5.74, 6) is -0.463. The maximum absolute atomic E-state index is 13.7. The van der Waals surface area contributed by atoms with E-state index in [-0.39, 0.29) is 22.4 Å². The highest BCUT2D eigenvalue weighted by atomic mass is 35.5. The number of hydrogen-bond donors (Lipinski definition) is 1. The molecule has 0 saturated heterocycles. The van der Waals surface area contributed by atoms with Crippen LogP contribution in [-0.2, 0) is 0 Å². The summed E-state index contributed by atoms with van der Waals surface area (Å²) in [4.78, 5) is 10.3. The number of nitro benzene ring substituents is 1. The molecule has 0 aliphatic rings. The quantitative estimate of drug-likeness (QED) is 0.664. The van der Waals surface area contributed by atoms with Gasteiger partial charge in [0.15, 0.2) is 0 Å². The number of nitro groups is 1. The van der Waals surface area contributed by atoms with E-state index in [0.29, 0.717) is 5.56 Å². The number of nitrogens with zero attached hydrogens (tertiary/aromatic N) is 1. The minimum atomic E-state index is -0.466. The Hall–Kier alpha value is -2.14. The third kappa shape index (κ3) is 3.05. The second-order valence-electron chi connectivity index (χ2n) is 4.31. The van der Waals surface area contributed by atoms with Crippen molar-refractivity contribution in [2.24, 2.45) is 0 Å². The second-order valence-corrected chi connectivity index (χ2v) is 4.72. The average molecular weight is 295 g/mol. The largest absolute Gasteiger partial charge is 0.375 e. The highest BCUT2D eigenvalue weighted by Gasteiger charge is 2.14. The zero-order valence-electron chi connectivity index (χ0n) is 10.6. The second kappa shape index (κ2) is 5.88. The van der Waals surface area contributed by atoms with E-state index in [4.69, 9.17) is 11.6 Å². The van der Waals surface area contributed by atoms with Gasteiger partial charge >= 0.3 is 0 Å². The highest BCUT2D eigenvalue weighted by Crippen LogP contribution is 2.29. The van der Waals surface area contributed by atoms with Gasteiger partial charge in [-0.2, -0.15) is 0 Å². The van der Waals surface area contributed by atoms with Gasteiger partial charge in [-0.15, -0.1) is 0 Å². The molecule has 1 atom stereocenters. The fourth-order valence-corrected chi connectivity index (χ4v) is 2.06. The van der Waals surface area contributed by atoms with E-state index < -0.39 is 10.7 Å². The molecule has 20 heavy (non-hydrogen) atoms. The van der Waals surface area contributed by atoms with Crippen LogP contribution in [0.15, 0.2) is 42.5 Å². The van der Waals surface area contributed by atoms with Gasteiger partial charge in [0.2, 0.25) is 0 Å². The predicted octanol–water partition coefficient (Wildman–Crippen LogP) is 4.56. The summed E-state index contributed by atoms with van der Waals surface area (Å²) in [6, 6.07) is 10.3. The number of non-ortho nitro benzene ring substituents is 1. The molecule has 0 radical (unpaired) electrons. The van der Waals surface area contributed by atoms with Crippen molar-refractivity contribution in [1.82, 2.24) is 0 Å². The topological polar surface area (TPSA) is 55.2 Å². The fourth-order valence-electron chi connectivity index (χ4n) is 1.84. The van der Waals surface area contributed by atoms with Crippen molar-refractivity contribution >= 4 is 23.0 Å². The van der Waals surface area contributed by atoms with Crippen LogP contribution in [0.2, 0.25) is 5.02 Å². The molecule has 1 N–H and O–H groups in total. The van der Waals surface area contributed by atoms with Gasteiger partial charge in [-0.1, -0.05) is 29.8 Å². The molecule has 0 amide bonds. The van der Waals surface area contributed by atoms with Crippen LogP contribution in [0, 0.1) is 15.9 Å². The van der Waals surface area contributed by atoms with Gasteiger partial charge < -0.3 is 5.32 Å². The van der Waals surface area contributed by atoms with Crippen molar-refractivity contribution in [1.29, 1.82) is 0 Å². The third-order valence-electron chi connectivity index (χ3n) is 2.90. The molecule has 6 heteroatoms. The summed E-state index contributed by atoms with van der Waals surface area (Å²) >= 11 is 5.93. The number of nitrogens with one attached hydrogen (secondary N) is 1. The third-order valence-corrected chi connectivity index (χ3v) is 3.22. The average Bonchev–Trinajstić information content (AvgIpc) is 2.43. The van der Waals surface area contributed by atoms with Gasteiger partial charge in [0.05, 0.1) is 15.6 Å². The van der Waals surface area contributed by atoms with Crippen molar-refractivity contribution in [2.45, 2.75) is 13.0 Å². The first-order chi connectivity index (χ1) is 9.49. The van der Waals surface area contributed by atoms with E-state index >= 15 is 0 Å². The lowest BCUT2D eigenvalue weighted by Crippen LogP contribution is -2.08. The zero-order valence-corrected chi connectivity index (χ0v) is 11.4. The summed E-state index contributed by atoms with van der Waals surface area (Å²) < 4.78 is 13.7. The SMILES string of the molecule is CC(Nc1c(F)cccc1Cl)c1cccc([N+](=O)[O-])c1. The zero-order chi connectivity index (χ0) is 14.7. The summed E-state index contributed by atoms with van der Waals surface area (Å²) in [7, 11) is 0.